The Hall–Kier alpha value is -2.87. The lowest BCUT2D eigenvalue weighted by molar-refractivity contribution is -0.132. The molecule has 0 aliphatic rings. The summed E-state index contributed by atoms with van der Waals surface area (Å²) in [5.74, 6) is -1.31. The Morgan fingerprint density at radius 1 is 1.07 bits per heavy atom. The minimum Gasteiger partial charge on any atom is -0.361 e. The van der Waals surface area contributed by atoms with Gasteiger partial charge >= 0.3 is 0 Å². The molecule has 2 aromatic rings. The largest absolute Gasteiger partial charge is 0.361 e. The third kappa shape index (κ3) is 7.23. The fourth-order valence-electron chi connectivity index (χ4n) is 3.17. The highest BCUT2D eigenvalue weighted by atomic mass is 16.5. The quantitative estimate of drug-likeness (QED) is 0.212. The Morgan fingerprint density at radius 2 is 1.83 bits per heavy atom. The Bertz CT molecular complexity index is 818. The lowest BCUT2D eigenvalue weighted by Gasteiger charge is -2.18. The molecule has 8 heteroatoms. The lowest BCUT2D eigenvalue weighted by Crippen LogP contribution is -2.48. The van der Waals surface area contributed by atoms with E-state index in [-0.39, 0.29) is 18.7 Å². The summed E-state index contributed by atoms with van der Waals surface area (Å²) in [7, 11) is 0. The Kier molecular flexibility index (Phi) is 9.17. The Morgan fingerprint density at radius 3 is 2.59 bits per heavy atom. The zero-order valence-corrected chi connectivity index (χ0v) is 16.8. The minimum atomic E-state index is -0.745. The molecule has 2 rings (SSSR count). The monoisotopic (exact) mass is 402 g/mol. The second kappa shape index (κ2) is 11.9. The van der Waals surface area contributed by atoms with E-state index in [1.807, 2.05) is 30.5 Å². The molecule has 0 radical (unpaired) electrons. The molecule has 1 aromatic heterocycles. The van der Waals surface area contributed by atoms with Gasteiger partial charge in [-0.2, -0.15) is 0 Å². The fraction of sp³-hybridized carbons (Fsp3) is 0.476. The van der Waals surface area contributed by atoms with Crippen LogP contribution in [-0.4, -0.2) is 40.5 Å². The number of fused-ring (bicyclic) bond motifs is 1. The van der Waals surface area contributed by atoms with Gasteiger partial charge in [0.2, 0.25) is 17.7 Å². The van der Waals surface area contributed by atoms with Crippen LogP contribution in [0.3, 0.4) is 0 Å². The molecule has 5 N–H and O–H groups in total. The number of nitrogens with one attached hydrogen (secondary N) is 4. The van der Waals surface area contributed by atoms with Crippen LogP contribution in [0.15, 0.2) is 30.5 Å². The summed E-state index contributed by atoms with van der Waals surface area (Å²) >= 11 is 0. The number of amides is 3. The van der Waals surface area contributed by atoms with Crippen LogP contribution in [-0.2, 0) is 20.8 Å². The molecule has 1 heterocycles. The van der Waals surface area contributed by atoms with Crippen molar-refractivity contribution in [1.82, 2.24) is 21.1 Å². The summed E-state index contributed by atoms with van der Waals surface area (Å²) in [6.45, 7) is 2.69. The van der Waals surface area contributed by atoms with E-state index in [1.54, 1.807) is 0 Å². The van der Waals surface area contributed by atoms with Gasteiger partial charge < -0.3 is 15.6 Å². The summed E-state index contributed by atoms with van der Waals surface area (Å²) in [6, 6.07) is 7.03. The molecule has 1 aromatic carbocycles. The van der Waals surface area contributed by atoms with Crippen LogP contribution < -0.4 is 16.1 Å². The molecule has 0 bridgehead atoms. The van der Waals surface area contributed by atoms with Crippen LogP contribution in [0.5, 0.6) is 0 Å². The molecule has 1 atom stereocenters. The second-order valence-corrected chi connectivity index (χ2v) is 7.07. The van der Waals surface area contributed by atoms with Gasteiger partial charge in [0, 0.05) is 42.9 Å². The third-order valence-electron chi connectivity index (χ3n) is 4.78. The van der Waals surface area contributed by atoms with Crippen molar-refractivity contribution in [2.75, 3.05) is 6.54 Å². The topological polar surface area (TPSA) is 123 Å². The van der Waals surface area contributed by atoms with Crippen molar-refractivity contribution in [2.45, 2.75) is 57.9 Å². The van der Waals surface area contributed by atoms with Crippen LogP contribution in [0.1, 0.15) is 51.0 Å². The van der Waals surface area contributed by atoms with Crippen molar-refractivity contribution >= 4 is 28.6 Å². The SMILES string of the molecule is CCCCCCNC(=O)C(Cc1c[nH]c2ccccc12)NC(=O)CCC(=O)NO. The number of aromatic amines is 1. The van der Waals surface area contributed by atoms with Gasteiger partial charge in [-0.25, -0.2) is 5.48 Å². The Balaban J connectivity index is 2.02. The van der Waals surface area contributed by atoms with Crippen molar-refractivity contribution in [3.05, 3.63) is 36.0 Å². The first-order valence-electron chi connectivity index (χ1n) is 10.1. The molecule has 8 nitrogen and oxygen atoms in total. The summed E-state index contributed by atoms with van der Waals surface area (Å²) in [6.07, 6.45) is 6.10. The molecule has 158 valence electrons. The zero-order chi connectivity index (χ0) is 21.1. The van der Waals surface area contributed by atoms with E-state index >= 15 is 0 Å². The number of aromatic nitrogens is 1. The average Bonchev–Trinajstić information content (AvgIpc) is 3.14. The van der Waals surface area contributed by atoms with Gasteiger partial charge in [-0.15, -0.1) is 0 Å². The highest BCUT2D eigenvalue weighted by Gasteiger charge is 2.22. The molecule has 0 aliphatic heterocycles. The normalized spacial score (nSPS) is 11.8. The Labute approximate surface area is 170 Å². The summed E-state index contributed by atoms with van der Waals surface area (Å²) in [5.41, 5.74) is 3.39. The maximum absolute atomic E-state index is 12.7. The van der Waals surface area contributed by atoms with Gasteiger partial charge in [0.05, 0.1) is 0 Å². The van der Waals surface area contributed by atoms with E-state index < -0.39 is 17.9 Å². The predicted octanol–water partition coefficient (Wildman–Crippen LogP) is 2.18. The number of unbranched alkanes of at least 4 members (excludes halogenated alkanes) is 3. The number of hydrogen-bond donors (Lipinski definition) is 5. The number of H-pyrrole nitrogens is 1. The van der Waals surface area contributed by atoms with Gasteiger partial charge in [-0.1, -0.05) is 44.4 Å². The molecule has 0 aliphatic carbocycles. The standard InChI is InChI=1S/C21H30N4O4/c1-2-3-4-7-12-22-21(28)18(24-19(26)10-11-20(27)25-29)13-15-14-23-17-9-6-5-8-16(15)17/h5-6,8-9,14,18,23,29H,2-4,7,10-13H2,1H3,(H,22,28)(H,24,26)(H,25,27). The minimum absolute atomic E-state index is 0.111. The molecule has 1 unspecified atom stereocenters. The van der Waals surface area contributed by atoms with Crippen LogP contribution in [0.4, 0.5) is 0 Å². The number of rotatable bonds is 12. The van der Waals surface area contributed by atoms with Crippen LogP contribution in [0.25, 0.3) is 10.9 Å². The van der Waals surface area contributed by atoms with Crippen molar-refractivity contribution in [1.29, 1.82) is 0 Å². The molecule has 0 saturated carbocycles. The highest BCUT2D eigenvalue weighted by molar-refractivity contribution is 5.90. The van der Waals surface area contributed by atoms with Crippen molar-refractivity contribution in [3.8, 4) is 0 Å². The first-order valence-corrected chi connectivity index (χ1v) is 10.1. The van der Waals surface area contributed by atoms with E-state index in [9.17, 15) is 14.4 Å². The lowest BCUT2D eigenvalue weighted by atomic mass is 10.0. The van der Waals surface area contributed by atoms with Crippen LogP contribution >= 0.6 is 0 Å². The van der Waals surface area contributed by atoms with Crippen LogP contribution in [0, 0.1) is 0 Å². The van der Waals surface area contributed by atoms with E-state index in [4.69, 9.17) is 5.21 Å². The smallest absolute Gasteiger partial charge is 0.243 e. The molecular weight excluding hydrogens is 372 g/mol. The second-order valence-electron chi connectivity index (χ2n) is 7.07. The summed E-state index contributed by atoms with van der Waals surface area (Å²) in [4.78, 5) is 39.3. The number of hydrogen-bond acceptors (Lipinski definition) is 4. The van der Waals surface area contributed by atoms with Gasteiger partial charge in [0.1, 0.15) is 6.04 Å². The van der Waals surface area contributed by atoms with E-state index in [2.05, 4.69) is 22.5 Å². The first kappa shape index (κ1) is 22.4. The first-order chi connectivity index (χ1) is 14.0. The molecule has 0 fully saturated rings. The van der Waals surface area contributed by atoms with E-state index in [0.29, 0.717) is 13.0 Å². The van der Waals surface area contributed by atoms with E-state index in [0.717, 1.165) is 42.1 Å². The van der Waals surface area contributed by atoms with Gasteiger partial charge in [-0.3, -0.25) is 19.6 Å². The average molecular weight is 402 g/mol. The van der Waals surface area contributed by atoms with Gasteiger partial charge in [0.15, 0.2) is 0 Å². The number of hydroxylamine groups is 1. The van der Waals surface area contributed by atoms with Crippen molar-refractivity contribution < 1.29 is 19.6 Å². The summed E-state index contributed by atoms with van der Waals surface area (Å²) < 4.78 is 0. The molecular formula is C21H30N4O4. The number of benzene rings is 1. The van der Waals surface area contributed by atoms with Crippen molar-refractivity contribution in [2.24, 2.45) is 0 Å². The number of para-hydroxylation sites is 1. The predicted molar refractivity (Wildman–Crippen MR) is 110 cm³/mol. The fourth-order valence-corrected chi connectivity index (χ4v) is 3.17. The number of carbonyl (C=O) groups is 3. The van der Waals surface area contributed by atoms with E-state index in [1.165, 1.54) is 5.48 Å². The van der Waals surface area contributed by atoms with Gasteiger partial charge in [0.25, 0.3) is 0 Å². The van der Waals surface area contributed by atoms with Crippen LogP contribution in [0.2, 0.25) is 0 Å². The molecule has 0 saturated heterocycles. The zero-order valence-electron chi connectivity index (χ0n) is 16.8. The number of carbonyl (C=O) groups excluding carboxylic acids is 3. The molecule has 3 amide bonds. The van der Waals surface area contributed by atoms with Gasteiger partial charge in [-0.05, 0) is 18.1 Å². The maximum atomic E-state index is 12.7. The summed E-state index contributed by atoms with van der Waals surface area (Å²) in [5, 5.41) is 15.2. The van der Waals surface area contributed by atoms with Crippen molar-refractivity contribution in [3.63, 3.8) is 0 Å². The highest BCUT2D eigenvalue weighted by Crippen LogP contribution is 2.19. The molecule has 29 heavy (non-hydrogen) atoms. The molecule has 0 spiro atoms. The third-order valence-corrected chi connectivity index (χ3v) is 4.78. The maximum Gasteiger partial charge on any atom is 0.243 e.